The first-order valence-electron chi connectivity index (χ1n) is 6.86. The van der Waals surface area contributed by atoms with Gasteiger partial charge in [0.1, 0.15) is 0 Å². The highest BCUT2D eigenvalue weighted by molar-refractivity contribution is 7.89. The molecule has 112 valence electrons. The summed E-state index contributed by atoms with van der Waals surface area (Å²) in [5.41, 5.74) is 7.45. The third-order valence-electron chi connectivity index (χ3n) is 5.35. The fraction of sp³-hybridized carbons (Fsp3) is 0.600. The van der Waals surface area contributed by atoms with Crippen LogP contribution < -0.4 is 10.5 Å². The molecule has 1 aromatic carbocycles. The molecule has 0 atom stereocenters. The maximum absolute atomic E-state index is 12.3. The van der Waals surface area contributed by atoms with E-state index in [2.05, 4.69) is 32.4 Å². The molecule has 1 fully saturated rings. The van der Waals surface area contributed by atoms with Gasteiger partial charge in [-0.25, -0.2) is 13.1 Å². The van der Waals surface area contributed by atoms with Crippen LogP contribution in [0.15, 0.2) is 23.1 Å². The summed E-state index contributed by atoms with van der Waals surface area (Å²) >= 11 is 0. The fourth-order valence-corrected chi connectivity index (χ4v) is 4.07. The van der Waals surface area contributed by atoms with E-state index >= 15 is 0 Å². The van der Waals surface area contributed by atoms with Crippen LogP contribution in [-0.2, 0) is 10.0 Å². The van der Waals surface area contributed by atoms with Gasteiger partial charge in [-0.1, -0.05) is 27.7 Å². The Morgan fingerprint density at radius 2 is 1.75 bits per heavy atom. The van der Waals surface area contributed by atoms with Crippen molar-refractivity contribution < 1.29 is 8.42 Å². The summed E-state index contributed by atoms with van der Waals surface area (Å²) in [5.74, 6) is 0.361. The molecule has 4 nitrogen and oxygen atoms in total. The fourth-order valence-electron chi connectivity index (χ4n) is 2.94. The van der Waals surface area contributed by atoms with E-state index in [0.29, 0.717) is 18.2 Å². The van der Waals surface area contributed by atoms with E-state index in [4.69, 9.17) is 5.73 Å². The van der Waals surface area contributed by atoms with Crippen molar-refractivity contribution in [3.05, 3.63) is 23.8 Å². The molecular formula is C15H24N2O2S. The molecule has 3 N–H and O–H groups in total. The lowest BCUT2D eigenvalue weighted by Crippen LogP contribution is -2.27. The Kier molecular flexibility index (Phi) is 3.42. The number of benzene rings is 1. The minimum Gasteiger partial charge on any atom is -0.399 e. The van der Waals surface area contributed by atoms with Gasteiger partial charge < -0.3 is 5.73 Å². The number of aryl methyl sites for hydroxylation is 1. The number of hydrogen-bond donors (Lipinski definition) is 2. The van der Waals surface area contributed by atoms with Crippen LogP contribution in [0.3, 0.4) is 0 Å². The molecule has 1 aromatic rings. The van der Waals surface area contributed by atoms with Crippen molar-refractivity contribution >= 4 is 15.7 Å². The standard InChI is InChI=1S/C15H24N2O2S/c1-10-8-11(6-7-12(10)16)20(18,19)17-9-13-14(2,3)15(13,4)5/h6-8,13,17H,9,16H2,1-5H3. The van der Waals surface area contributed by atoms with E-state index in [1.165, 1.54) is 0 Å². The molecule has 1 saturated carbocycles. The highest BCUT2D eigenvalue weighted by Crippen LogP contribution is 2.67. The van der Waals surface area contributed by atoms with Gasteiger partial charge in [0.15, 0.2) is 0 Å². The summed E-state index contributed by atoms with van der Waals surface area (Å²) in [6.07, 6.45) is 0. The molecule has 0 heterocycles. The normalized spacial score (nSPS) is 20.9. The number of nitrogens with one attached hydrogen (secondary N) is 1. The lowest BCUT2D eigenvalue weighted by molar-refractivity contribution is 0.457. The largest absolute Gasteiger partial charge is 0.399 e. The summed E-state index contributed by atoms with van der Waals surface area (Å²) in [6, 6.07) is 4.80. The SMILES string of the molecule is Cc1cc(S(=O)(=O)NCC2C(C)(C)C2(C)C)ccc1N. The number of hydrogen-bond acceptors (Lipinski definition) is 3. The quantitative estimate of drug-likeness (QED) is 0.839. The van der Waals surface area contributed by atoms with E-state index in [1.807, 2.05) is 6.92 Å². The minimum absolute atomic E-state index is 0.173. The lowest BCUT2D eigenvalue weighted by atomic mass is 10.0. The Morgan fingerprint density at radius 3 is 2.20 bits per heavy atom. The molecule has 0 aliphatic heterocycles. The van der Waals surface area contributed by atoms with E-state index in [-0.39, 0.29) is 15.7 Å². The predicted molar refractivity (Wildman–Crippen MR) is 81.8 cm³/mol. The first-order chi connectivity index (χ1) is 9.00. The van der Waals surface area contributed by atoms with Gasteiger partial charge in [0.05, 0.1) is 4.90 Å². The zero-order valence-corrected chi connectivity index (χ0v) is 13.6. The third kappa shape index (κ3) is 2.33. The lowest BCUT2D eigenvalue weighted by Gasteiger charge is -2.09. The van der Waals surface area contributed by atoms with Crippen LogP contribution in [0.1, 0.15) is 33.3 Å². The number of anilines is 1. The van der Waals surface area contributed by atoms with E-state index in [0.717, 1.165) is 5.56 Å². The predicted octanol–water partition coefficient (Wildman–Crippen LogP) is 2.54. The molecule has 1 aliphatic rings. The summed E-state index contributed by atoms with van der Waals surface area (Å²) in [4.78, 5) is 0.278. The molecule has 0 saturated heterocycles. The van der Waals surface area contributed by atoms with Crippen LogP contribution in [0.4, 0.5) is 5.69 Å². The maximum atomic E-state index is 12.3. The van der Waals surface area contributed by atoms with Gasteiger partial charge in [0, 0.05) is 12.2 Å². The van der Waals surface area contributed by atoms with Crippen molar-refractivity contribution in [2.45, 2.75) is 39.5 Å². The second kappa shape index (κ2) is 4.46. The zero-order chi connectivity index (χ0) is 15.3. The highest BCUT2D eigenvalue weighted by atomic mass is 32.2. The first kappa shape index (κ1) is 15.3. The van der Waals surface area contributed by atoms with Crippen LogP contribution in [0, 0.1) is 23.7 Å². The van der Waals surface area contributed by atoms with Gasteiger partial charge in [0.25, 0.3) is 0 Å². The van der Waals surface area contributed by atoms with Crippen molar-refractivity contribution in [1.82, 2.24) is 4.72 Å². The van der Waals surface area contributed by atoms with Crippen molar-refractivity contribution in [2.75, 3.05) is 12.3 Å². The summed E-state index contributed by atoms with van der Waals surface area (Å²) < 4.78 is 27.3. The number of nitrogen functional groups attached to an aromatic ring is 1. The number of rotatable bonds is 4. The Bertz CT molecular complexity index is 619. The molecule has 2 rings (SSSR count). The summed E-state index contributed by atoms with van der Waals surface area (Å²) in [7, 11) is -3.46. The molecule has 20 heavy (non-hydrogen) atoms. The minimum atomic E-state index is -3.46. The third-order valence-corrected chi connectivity index (χ3v) is 6.77. The smallest absolute Gasteiger partial charge is 0.240 e. The van der Waals surface area contributed by atoms with Gasteiger partial charge in [-0.2, -0.15) is 0 Å². The van der Waals surface area contributed by atoms with E-state index < -0.39 is 10.0 Å². The molecule has 0 bridgehead atoms. The molecular weight excluding hydrogens is 272 g/mol. The average Bonchev–Trinajstić information content (AvgIpc) is 2.70. The first-order valence-corrected chi connectivity index (χ1v) is 8.34. The van der Waals surface area contributed by atoms with Crippen molar-refractivity contribution in [3.8, 4) is 0 Å². The Balaban J connectivity index is 2.11. The second-order valence-electron chi connectivity index (χ2n) is 6.87. The van der Waals surface area contributed by atoms with E-state index in [9.17, 15) is 8.42 Å². The van der Waals surface area contributed by atoms with Gasteiger partial charge in [0.2, 0.25) is 10.0 Å². The van der Waals surface area contributed by atoms with Gasteiger partial charge in [-0.15, -0.1) is 0 Å². The molecule has 0 unspecified atom stereocenters. The Labute approximate surface area is 121 Å². The Hall–Kier alpha value is -1.07. The Morgan fingerprint density at radius 1 is 1.20 bits per heavy atom. The molecule has 0 spiro atoms. The second-order valence-corrected chi connectivity index (χ2v) is 8.63. The zero-order valence-electron chi connectivity index (χ0n) is 12.8. The number of sulfonamides is 1. The monoisotopic (exact) mass is 296 g/mol. The van der Waals surface area contributed by atoms with Crippen molar-refractivity contribution in [1.29, 1.82) is 0 Å². The van der Waals surface area contributed by atoms with Gasteiger partial charge >= 0.3 is 0 Å². The van der Waals surface area contributed by atoms with Crippen molar-refractivity contribution in [3.63, 3.8) is 0 Å². The summed E-state index contributed by atoms with van der Waals surface area (Å²) in [5, 5.41) is 0. The van der Waals surface area contributed by atoms with Gasteiger partial charge in [-0.3, -0.25) is 0 Å². The van der Waals surface area contributed by atoms with Gasteiger partial charge in [-0.05, 0) is 47.4 Å². The van der Waals surface area contributed by atoms with E-state index in [1.54, 1.807) is 18.2 Å². The number of nitrogens with two attached hydrogens (primary N) is 1. The molecule has 0 aromatic heterocycles. The highest BCUT2D eigenvalue weighted by Gasteiger charge is 2.64. The molecule has 1 aliphatic carbocycles. The van der Waals surface area contributed by atoms with Crippen molar-refractivity contribution in [2.24, 2.45) is 16.7 Å². The molecule has 0 amide bonds. The topological polar surface area (TPSA) is 72.2 Å². The average molecular weight is 296 g/mol. The van der Waals surface area contributed by atoms with Crippen LogP contribution in [0.25, 0.3) is 0 Å². The van der Waals surface area contributed by atoms with Crippen LogP contribution >= 0.6 is 0 Å². The van der Waals surface area contributed by atoms with Crippen LogP contribution in [0.2, 0.25) is 0 Å². The maximum Gasteiger partial charge on any atom is 0.240 e. The molecule has 5 heteroatoms. The van der Waals surface area contributed by atoms with Crippen LogP contribution in [0.5, 0.6) is 0 Å². The summed E-state index contributed by atoms with van der Waals surface area (Å²) in [6.45, 7) is 11.0. The molecule has 0 radical (unpaired) electrons. The van der Waals surface area contributed by atoms with Crippen LogP contribution in [-0.4, -0.2) is 15.0 Å².